The van der Waals surface area contributed by atoms with Crippen LogP contribution in [-0.2, 0) is 19.1 Å². The first kappa shape index (κ1) is 17.2. The summed E-state index contributed by atoms with van der Waals surface area (Å²) in [5.74, 6) is 0.236. The Morgan fingerprint density at radius 3 is 2.55 bits per heavy atom. The van der Waals surface area contributed by atoms with Gasteiger partial charge >= 0.3 is 5.97 Å². The van der Waals surface area contributed by atoms with E-state index in [9.17, 15) is 9.59 Å². The summed E-state index contributed by atoms with van der Waals surface area (Å²) in [7, 11) is 1.45. The Hall–Kier alpha value is -1.14. The van der Waals surface area contributed by atoms with Crippen LogP contribution in [0.2, 0.25) is 0 Å². The Labute approximate surface area is 131 Å². The maximum Gasteiger partial charge on any atom is 0.323 e. The average Bonchev–Trinajstić information content (AvgIpc) is 2.87. The molecular formula is C16H27NO5. The number of carbonyl (C=O) groups is 2. The number of ether oxygens (including phenoxy) is 2. The van der Waals surface area contributed by atoms with Crippen LogP contribution < -0.4 is 0 Å². The van der Waals surface area contributed by atoms with Crippen LogP contribution in [0.25, 0.3) is 0 Å². The van der Waals surface area contributed by atoms with Crippen LogP contribution in [0, 0.1) is 17.8 Å². The number of hydrogen-bond donors (Lipinski definition) is 1. The summed E-state index contributed by atoms with van der Waals surface area (Å²) in [6.45, 7) is 4.74. The van der Waals surface area contributed by atoms with E-state index in [2.05, 4.69) is 13.8 Å². The van der Waals surface area contributed by atoms with Gasteiger partial charge in [0.25, 0.3) is 0 Å². The quantitative estimate of drug-likeness (QED) is 0.802. The third-order valence-electron chi connectivity index (χ3n) is 4.95. The maximum atomic E-state index is 12.2. The minimum absolute atomic E-state index is 0.0109. The molecule has 6 nitrogen and oxygen atoms in total. The normalized spacial score (nSPS) is 31.1. The smallest absolute Gasteiger partial charge is 0.323 e. The van der Waals surface area contributed by atoms with Gasteiger partial charge in [-0.3, -0.25) is 9.59 Å². The monoisotopic (exact) mass is 313 g/mol. The van der Waals surface area contributed by atoms with Crippen LogP contribution in [0.1, 0.15) is 33.1 Å². The fraction of sp³-hybridized carbons (Fsp3) is 0.875. The van der Waals surface area contributed by atoms with Gasteiger partial charge in [-0.15, -0.1) is 0 Å². The first-order chi connectivity index (χ1) is 10.4. The van der Waals surface area contributed by atoms with Gasteiger partial charge in [0.2, 0.25) is 5.91 Å². The SMILES string of the molecule is COCC(=O)N(CC(=O)O)[C@@H]1C[C@@H]2CO[C@H](C(C)C)C[C@@H]2C1. The molecule has 0 aromatic heterocycles. The maximum absolute atomic E-state index is 12.2. The number of methoxy groups -OCH3 is 1. The van der Waals surface area contributed by atoms with E-state index in [0.29, 0.717) is 17.8 Å². The van der Waals surface area contributed by atoms with E-state index in [1.807, 2.05) is 0 Å². The third-order valence-corrected chi connectivity index (χ3v) is 4.95. The molecule has 1 aliphatic heterocycles. The average molecular weight is 313 g/mol. The van der Waals surface area contributed by atoms with E-state index >= 15 is 0 Å². The van der Waals surface area contributed by atoms with Gasteiger partial charge in [-0.1, -0.05) is 13.8 Å². The lowest BCUT2D eigenvalue weighted by Gasteiger charge is -2.34. The van der Waals surface area contributed by atoms with Crippen molar-refractivity contribution in [2.45, 2.75) is 45.3 Å². The van der Waals surface area contributed by atoms with E-state index in [1.165, 1.54) is 12.0 Å². The molecule has 1 amide bonds. The van der Waals surface area contributed by atoms with Crippen LogP contribution in [0.3, 0.4) is 0 Å². The molecule has 126 valence electrons. The molecule has 2 aliphatic rings. The summed E-state index contributed by atoms with van der Waals surface area (Å²) in [5, 5.41) is 9.08. The van der Waals surface area contributed by atoms with Gasteiger partial charge in [-0.25, -0.2) is 0 Å². The Balaban J connectivity index is 2.02. The second kappa shape index (κ2) is 7.42. The van der Waals surface area contributed by atoms with E-state index in [0.717, 1.165) is 25.9 Å². The lowest BCUT2D eigenvalue weighted by atomic mass is 9.85. The number of nitrogens with zero attached hydrogens (tertiary/aromatic N) is 1. The summed E-state index contributed by atoms with van der Waals surface area (Å²) in [4.78, 5) is 24.7. The molecule has 1 N–H and O–H groups in total. The van der Waals surface area contributed by atoms with Crippen molar-refractivity contribution in [1.82, 2.24) is 4.90 Å². The van der Waals surface area contributed by atoms with Crippen LogP contribution >= 0.6 is 0 Å². The summed E-state index contributed by atoms with van der Waals surface area (Å²) in [5.41, 5.74) is 0. The summed E-state index contributed by atoms with van der Waals surface area (Å²) < 4.78 is 10.8. The van der Waals surface area contributed by atoms with Gasteiger partial charge in [0.1, 0.15) is 13.2 Å². The molecule has 0 spiro atoms. The molecule has 4 atom stereocenters. The number of hydrogen-bond acceptors (Lipinski definition) is 4. The first-order valence-electron chi connectivity index (χ1n) is 8.04. The predicted molar refractivity (Wildman–Crippen MR) is 80.4 cm³/mol. The molecule has 1 aliphatic carbocycles. The minimum Gasteiger partial charge on any atom is -0.480 e. The molecule has 0 unspecified atom stereocenters. The van der Waals surface area contributed by atoms with Gasteiger partial charge < -0.3 is 19.5 Å². The van der Waals surface area contributed by atoms with Crippen molar-refractivity contribution in [3.63, 3.8) is 0 Å². The highest BCUT2D eigenvalue weighted by atomic mass is 16.5. The van der Waals surface area contributed by atoms with Crippen LogP contribution in [0.15, 0.2) is 0 Å². The summed E-state index contributed by atoms with van der Waals surface area (Å²) in [6, 6.07) is -0.0109. The van der Waals surface area contributed by atoms with Crippen molar-refractivity contribution in [3.05, 3.63) is 0 Å². The van der Waals surface area contributed by atoms with Crippen LogP contribution in [0.4, 0.5) is 0 Å². The molecule has 1 heterocycles. The molecule has 2 rings (SSSR count). The lowest BCUT2D eigenvalue weighted by molar-refractivity contribution is -0.148. The molecule has 1 saturated heterocycles. The fourth-order valence-electron chi connectivity index (χ4n) is 3.78. The zero-order chi connectivity index (χ0) is 16.3. The summed E-state index contributed by atoms with van der Waals surface area (Å²) in [6.07, 6.45) is 3.00. The highest BCUT2D eigenvalue weighted by Crippen LogP contribution is 2.42. The predicted octanol–water partition coefficient (Wildman–Crippen LogP) is 1.39. The van der Waals surface area contributed by atoms with E-state index in [4.69, 9.17) is 14.6 Å². The Morgan fingerprint density at radius 1 is 1.27 bits per heavy atom. The molecule has 22 heavy (non-hydrogen) atoms. The minimum atomic E-state index is -0.976. The highest BCUT2D eigenvalue weighted by Gasteiger charge is 2.43. The molecule has 0 radical (unpaired) electrons. The van der Waals surface area contributed by atoms with Crippen molar-refractivity contribution in [3.8, 4) is 0 Å². The molecular weight excluding hydrogens is 286 g/mol. The largest absolute Gasteiger partial charge is 0.480 e. The molecule has 1 saturated carbocycles. The Kier molecular flexibility index (Phi) is 5.81. The van der Waals surface area contributed by atoms with E-state index < -0.39 is 5.97 Å². The molecule has 0 bridgehead atoms. The van der Waals surface area contributed by atoms with Crippen molar-refractivity contribution < 1.29 is 24.2 Å². The van der Waals surface area contributed by atoms with Crippen molar-refractivity contribution in [2.75, 3.05) is 26.9 Å². The van der Waals surface area contributed by atoms with Crippen molar-refractivity contribution >= 4 is 11.9 Å². The van der Waals surface area contributed by atoms with Crippen molar-refractivity contribution in [2.24, 2.45) is 17.8 Å². The first-order valence-corrected chi connectivity index (χ1v) is 8.04. The second-order valence-electron chi connectivity index (χ2n) is 6.85. The highest BCUT2D eigenvalue weighted by molar-refractivity contribution is 5.82. The number of amides is 1. The fourth-order valence-corrected chi connectivity index (χ4v) is 3.78. The topological polar surface area (TPSA) is 76.1 Å². The van der Waals surface area contributed by atoms with Gasteiger partial charge in [0.15, 0.2) is 0 Å². The van der Waals surface area contributed by atoms with Gasteiger partial charge in [0, 0.05) is 13.2 Å². The zero-order valence-corrected chi connectivity index (χ0v) is 13.7. The second-order valence-corrected chi connectivity index (χ2v) is 6.85. The van der Waals surface area contributed by atoms with Gasteiger partial charge in [-0.05, 0) is 37.0 Å². The summed E-state index contributed by atoms with van der Waals surface area (Å²) >= 11 is 0. The van der Waals surface area contributed by atoms with Gasteiger partial charge in [0.05, 0.1) is 12.7 Å². The number of carbonyl (C=O) groups excluding carboxylic acids is 1. The number of carboxylic acids is 1. The molecule has 2 fully saturated rings. The van der Waals surface area contributed by atoms with E-state index in [1.54, 1.807) is 0 Å². The number of rotatable bonds is 6. The standard InChI is InChI=1S/C16H27NO5/c1-10(2)14-6-11-4-13(5-12(11)8-22-14)17(7-16(19)20)15(18)9-21-3/h10-14H,4-9H2,1-3H3,(H,19,20)/t11-,12+,13-,14-/m0/s1. The molecule has 0 aromatic carbocycles. The number of fused-ring (bicyclic) bond motifs is 1. The Morgan fingerprint density at radius 2 is 1.95 bits per heavy atom. The van der Waals surface area contributed by atoms with E-state index in [-0.39, 0.29) is 31.2 Å². The van der Waals surface area contributed by atoms with Crippen LogP contribution in [0.5, 0.6) is 0 Å². The third kappa shape index (κ3) is 3.98. The number of aliphatic carboxylic acids is 1. The molecule has 6 heteroatoms. The molecule has 0 aromatic rings. The van der Waals surface area contributed by atoms with Crippen molar-refractivity contribution in [1.29, 1.82) is 0 Å². The number of carboxylic acid groups (broad SMARTS) is 1. The lowest BCUT2D eigenvalue weighted by Crippen LogP contribution is -2.44. The Bertz CT molecular complexity index is 411. The zero-order valence-electron chi connectivity index (χ0n) is 13.7. The van der Waals surface area contributed by atoms with Gasteiger partial charge in [-0.2, -0.15) is 0 Å². The van der Waals surface area contributed by atoms with Crippen LogP contribution in [-0.4, -0.2) is 60.9 Å².